The number of carbonyl (C=O) groups is 1. The lowest BCUT2D eigenvalue weighted by molar-refractivity contribution is -0.124. The van der Waals surface area contributed by atoms with Gasteiger partial charge in [0.25, 0.3) is 0 Å². The van der Waals surface area contributed by atoms with Gasteiger partial charge in [-0.05, 0) is 41.0 Å². The first-order valence-corrected chi connectivity index (χ1v) is 6.73. The number of hydrogen-bond donors (Lipinski definition) is 2. The third-order valence-electron chi connectivity index (χ3n) is 3.37. The molecular weight excluding hydrogens is 242 g/mol. The molecule has 0 aromatic carbocycles. The minimum atomic E-state index is -0.279. The van der Waals surface area contributed by atoms with Gasteiger partial charge in [0.05, 0.1) is 18.3 Å². The maximum atomic E-state index is 12.0. The van der Waals surface area contributed by atoms with Gasteiger partial charge in [-0.2, -0.15) is 0 Å². The fourth-order valence-electron chi connectivity index (χ4n) is 1.48. The Morgan fingerprint density at radius 1 is 1.42 bits per heavy atom. The number of nitrogens with one attached hydrogen (secondary N) is 2. The van der Waals surface area contributed by atoms with E-state index in [0.29, 0.717) is 12.4 Å². The highest BCUT2D eigenvalue weighted by Gasteiger charge is 2.21. The van der Waals surface area contributed by atoms with Crippen LogP contribution in [0.1, 0.15) is 51.5 Å². The van der Waals surface area contributed by atoms with Gasteiger partial charge < -0.3 is 9.73 Å². The van der Waals surface area contributed by atoms with Crippen molar-refractivity contribution in [3.05, 3.63) is 17.3 Å². The van der Waals surface area contributed by atoms with Gasteiger partial charge in [0, 0.05) is 5.54 Å². The molecular formula is C14H25N3O2. The maximum Gasteiger partial charge on any atom is 0.237 e. The summed E-state index contributed by atoms with van der Waals surface area (Å²) in [6.07, 6.45) is 0.892. The van der Waals surface area contributed by atoms with Crippen molar-refractivity contribution in [3.8, 4) is 0 Å². The molecule has 5 heteroatoms. The quantitative estimate of drug-likeness (QED) is 0.828. The van der Waals surface area contributed by atoms with E-state index >= 15 is 0 Å². The lowest BCUT2D eigenvalue weighted by Gasteiger charge is -2.26. The van der Waals surface area contributed by atoms with Gasteiger partial charge in [0.2, 0.25) is 11.8 Å². The van der Waals surface area contributed by atoms with Crippen LogP contribution >= 0.6 is 0 Å². The van der Waals surface area contributed by atoms with E-state index in [1.807, 2.05) is 34.6 Å². The number of aromatic nitrogens is 1. The van der Waals surface area contributed by atoms with Crippen LogP contribution in [0, 0.1) is 13.8 Å². The minimum absolute atomic E-state index is 0.00755. The fourth-order valence-corrected chi connectivity index (χ4v) is 1.48. The Bertz CT molecular complexity index is 418. The highest BCUT2D eigenvalue weighted by atomic mass is 16.4. The number of amides is 1. The van der Waals surface area contributed by atoms with Crippen molar-refractivity contribution in [3.63, 3.8) is 0 Å². The molecule has 1 heterocycles. The molecule has 108 valence electrons. The summed E-state index contributed by atoms with van der Waals surface area (Å²) < 4.78 is 5.46. The Balaban J connectivity index is 2.47. The van der Waals surface area contributed by atoms with E-state index < -0.39 is 0 Å². The van der Waals surface area contributed by atoms with Gasteiger partial charge in [0.15, 0.2) is 0 Å². The van der Waals surface area contributed by atoms with E-state index in [0.717, 1.165) is 17.9 Å². The number of aryl methyl sites for hydroxylation is 2. The molecule has 19 heavy (non-hydrogen) atoms. The van der Waals surface area contributed by atoms with Crippen LogP contribution in [0.3, 0.4) is 0 Å². The smallest absolute Gasteiger partial charge is 0.237 e. The number of rotatable bonds is 6. The predicted octanol–water partition coefficient (Wildman–Crippen LogP) is 2.07. The Morgan fingerprint density at radius 3 is 2.53 bits per heavy atom. The van der Waals surface area contributed by atoms with Gasteiger partial charge in [0.1, 0.15) is 5.76 Å². The Kier molecular flexibility index (Phi) is 5.11. The van der Waals surface area contributed by atoms with Gasteiger partial charge in [-0.25, -0.2) is 4.98 Å². The van der Waals surface area contributed by atoms with Crippen molar-refractivity contribution in [1.29, 1.82) is 0 Å². The van der Waals surface area contributed by atoms with E-state index in [9.17, 15) is 4.79 Å². The molecule has 0 aliphatic rings. The van der Waals surface area contributed by atoms with Gasteiger partial charge in [-0.1, -0.05) is 6.92 Å². The van der Waals surface area contributed by atoms with Crippen LogP contribution in [-0.4, -0.2) is 22.5 Å². The van der Waals surface area contributed by atoms with E-state index in [4.69, 9.17) is 4.42 Å². The number of hydrogen-bond acceptors (Lipinski definition) is 4. The van der Waals surface area contributed by atoms with Crippen LogP contribution in [0.15, 0.2) is 4.42 Å². The highest BCUT2D eigenvalue weighted by molar-refractivity contribution is 5.81. The van der Waals surface area contributed by atoms with Crippen LogP contribution in [-0.2, 0) is 11.3 Å². The van der Waals surface area contributed by atoms with Gasteiger partial charge in [-0.3, -0.25) is 10.1 Å². The molecule has 0 saturated heterocycles. The molecule has 0 saturated carbocycles. The molecule has 1 rings (SSSR count). The lowest BCUT2D eigenvalue weighted by Crippen LogP contribution is -2.50. The average molecular weight is 267 g/mol. The average Bonchev–Trinajstić information content (AvgIpc) is 2.65. The molecule has 0 radical (unpaired) electrons. The summed E-state index contributed by atoms with van der Waals surface area (Å²) in [4.78, 5) is 16.3. The molecule has 1 aromatic heterocycles. The van der Waals surface area contributed by atoms with Gasteiger partial charge in [-0.15, -0.1) is 0 Å². The maximum absolute atomic E-state index is 12.0. The zero-order valence-electron chi connectivity index (χ0n) is 12.8. The summed E-state index contributed by atoms with van der Waals surface area (Å²) in [5, 5.41) is 6.12. The molecule has 0 bridgehead atoms. The first kappa shape index (κ1) is 15.7. The number of nitrogens with zero attached hydrogens (tertiary/aromatic N) is 1. The summed E-state index contributed by atoms with van der Waals surface area (Å²) in [5.74, 6) is 1.43. The second-order valence-corrected chi connectivity index (χ2v) is 5.58. The van der Waals surface area contributed by atoms with Crippen LogP contribution in [0.2, 0.25) is 0 Å². The van der Waals surface area contributed by atoms with E-state index in [1.165, 1.54) is 0 Å². The molecule has 0 aliphatic heterocycles. The monoisotopic (exact) mass is 267 g/mol. The molecule has 1 amide bonds. The molecule has 1 atom stereocenters. The fraction of sp³-hybridized carbons (Fsp3) is 0.714. The molecule has 1 unspecified atom stereocenters. The normalized spacial score (nSPS) is 13.4. The summed E-state index contributed by atoms with van der Waals surface area (Å²) in [6, 6.07) is -0.279. The second kappa shape index (κ2) is 6.19. The topological polar surface area (TPSA) is 67.2 Å². The zero-order valence-corrected chi connectivity index (χ0v) is 12.8. The molecule has 1 aromatic rings. The second-order valence-electron chi connectivity index (χ2n) is 5.58. The van der Waals surface area contributed by atoms with Gasteiger partial charge >= 0.3 is 0 Å². The molecule has 2 N–H and O–H groups in total. The minimum Gasteiger partial charge on any atom is -0.444 e. The molecule has 0 fully saturated rings. The van der Waals surface area contributed by atoms with Crippen molar-refractivity contribution in [2.24, 2.45) is 0 Å². The summed E-state index contributed by atoms with van der Waals surface area (Å²) in [7, 11) is 0. The van der Waals surface area contributed by atoms with E-state index in [-0.39, 0.29) is 17.5 Å². The first-order valence-electron chi connectivity index (χ1n) is 6.73. The van der Waals surface area contributed by atoms with Crippen molar-refractivity contribution in [2.45, 2.75) is 66.1 Å². The zero-order chi connectivity index (χ0) is 14.6. The third-order valence-corrected chi connectivity index (χ3v) is 3.37. The van der Waals surface area contributed by atoms with Crippen molar-refractivity contribution in [2.75, 3.05) is 0 Å². The highest BCUT2D eigenvalue weighted by Crippen LogP contribution is 2.09. The Hall–Kier alpha value is -1.36. The number of oxazole rings is 1. The first-order chi connectivity index (χ1) is 8.75. The molecule has 0 spiro atoms. The lowest BCUT2D eigenvalue weighted by atomic mass is 10.0. The summed E-state index contributed by atoms with van der Waals surface area (Å²) in [6.45, 7) is 12.2. The summed E-state index contributed by atoms with van der Waals surface area (Å²) >= 11 is 0. The third kappa shape index (κ3) is 4.67. The van der Waals surface area contributed by atoms with Crippen molar-refractivity contribution in [1.82, 2.24) is 15.6 Å². The van der Waals surface area contributed by atoms with Crippen molar-refractivity contribution < 1.29 is 9.21 Å². The summed E-state index contributed by atoms with van der Waals surface area (Å²) in [5.41, 5.74) is 0.712. The largest absolute Gasteiger partial charge is 0.444 e. The SMILES string of the molecule is CCC(C)(C)NC(=O)C(C)NCc1nc(C)c(C)o1. The van der Waals surface area contributed by atoms with Crippen LogP contribution in [0.4, 0.5) is 0 Å². The van der Waals surface area contributed by atoms with Crippen LogP contribution in [0.5, 0.6) is 0 Å². The van der Waals surface area contributed by atoms with E-state index in [2.05, 4.69) is 22.5 Å². The van der Waals surface area contributed by atoms with Crippen LogP contribution < -0.4 is 10.6 Å². The van der Waals surface area contributed by atoms with E-state index in [1.54, 1.807) is 0 Å². The number of carbonyl (C=O) groups excluding carboxylic acids is 1. The van der Waals surface area contributed by atoms with Crippen molar-refractivity contribution >= 4 is 5.91 Å². The van der Waals surface area contributed by atoms with Crippen LogP contribution in [0.25, 0.3) is 0 Å². The molecule has 5 nitrogen and oxygen atoms in total. The Morgan fingerprint density at radius 2 is 2.05 bits per heavy atom. The standard InChI is InChI=1S/C14H25N3O2/c1-7-14(5,6)17-13(18)10(3)15-8-12-16-9(2)11(4)19-12/h10,15H,7-8H2,1-6H3,(H,17,18). The Labute approximate surface area is 115 Å². The molecule has 0 aliphatic carbocycles. The predicted molar refractivity (Wildman–Crippen MR) is 74.8 cm³/mol.